The lowest BCUT2D eigenvalue weighted by Crippen LogP contribution is -2.57. The number of amides is 1. The summed E-state index contributed by atoms with van der Waals surface area (Å²) in [5.41, 5.74) is 1.67. The van der Waals surface area contributed by atoms with Gasteiger partial charge in [-0.3, -0.25) is 9.52 Å². The van der Waals surface area contributed by atoms with Gasteiger partial charge in [0.15, 0.2) is 0 Å². The van der Waals surface area contributed by atoms with Crippen LogP contribution in [0, 0.1) is 17.3 Å². The van der Waals surface area contributed by atoms with Crippen LogP contribution >= 0.6 is 0 Å². The average molecular weight is 488 g/mol. The predicted octanol–water partition coefficient (Wildman–Crippen LogP) is 5.35. The number of hydrogen-bond acceptors (Lipinski definition) is 5. The molecule has 1 aromatic heterocycles. The fourth-order valence-electron chi connectivity index (χ4n) is 7.13. The first kappa shape index (κ1) is 22.2. The monoisotopic (exact) mass is 487 g/mol. The van der Waals surface area contributed by atoms with E-state index < -0.39 is 10.0 Å². The summed E-state index contributed by atoms with van der Waals surface area (Å²) in [5.74, 6) is 1.11. The molecule has 4 atom stereocenters. The summed E-state index contributed by atoms with van der Waals surface area (Å²) in [7, 11) is -3.95. The minimum Gasteiger partial charge on any atom is -0.366 e. The highest BCUT2D eigenvalue weighted by atomic mass is 32.2. The van der Waals surface area contributed by atoms with Gasteiger partial charge in [-0.25, -0.2) is 8.42 Å². The fourth-order valence-corrected chi connectivity index (χ4v) is 8.02. The lowest BCUT2D eigenvalue weighted by Gasteiger charge is -2.61. The molecule has 3 aromatic rings. The van der Waals surface area contributed by atoms with Crippen LogP contribution in [-0.4, -0.2) is 24.3 Å². The normalized spacial score (nSPS) is 29.0. The standard InChI is InChI=1S/C27H28N4O3S/c32-24(30-22-7-9-23(10-8-22)35(33,34)31-25-28-11-4-12-29-25)27-16-19-13-20(17-27)15-26(14-19,18-27)21-5-2-1-3-6-21/h1-12,19-20H,13-18H2,(H2,28,29,30,31,32)/p-1/t19-,20+,26?,27?. The molecule has 4 saturated carbocycles. The van der Waals surface area contributed by atoms with Gasteiger partial charge < -0.3 is 15.3 Å². The maximum absolute atomic E-state index is 13.7. The second-order valence-corrected chi connectivity index (χ2v) is 12.1. The Labute approximate surface area is 205 Å². The van der Waals surface area contributed by atoms with Crippen LogP contribution in [0.15, 0.2) is 78.0 Å². The lowest BCUT2D eigenvalue weighted by molar-refractivity contribution is -0.143. The Morgan fingerprint density at radius 1 is 0.886 bits per heavy atom. The van der Waals surface area contributed by atoms with Crippen LogP contribution in [0.4, 0.5) is 11.6 Å². The average Bonchev–Trinajstić information content (AvgIpc) is 2.84. The summed E-state index contributed by atoms with van der Waals surface area (Å²) in [5, 5.41) is 3.11. The van der Waals surface area contributed by atoms with Crippen LogP contribution in [-0.2, 0) is 20.2 Å². The second-order valence-electron chi connectivity index (χ2n) is 10.5. The summed E-state index contributed by atoms with van der Waals surface area (Å²) in [6, 6.07) is 18.5. The Morgan fingerprint density at radius 2 is 1.54 bits per heavy atom. The second kappa shape index (κ2) is 8.16. The van der Waals surface area contributed by atoms with E-state index in [1.54, 1.807) is 18.2 Å². The minimum atomic E-state index is -3.95. The first-order valence-electron chi connectivity index (χ1n) is 12.1. The molecule has 4 bridgehead atoms. The number of nitrogens with one attached hydrogen (secondary N) is 1. The van der Waals surface area contributed by atoms with Crippen LogP contribution in [0.3, 0.4) is 0 Å². The molecule has 0 aliphatic heterocycles. The van der Waals surface area contributed by atoms with Crippen molar-refractivity contribution in [2.45, 2.75) is 48.8 Å². The van der Waals surface area contributed by atoms with E-state index in [2.05, 4.69) is 50.3 Å². The Morgan fingerprint density at radius 3 is 2.20 bits per heavy atom. The van der Waals surface area contributed by atoms with Crippen LogP contribution in [0.25, 0.3) is 4.72 Å². The van der Waals surface area contributed by atoms with E-state index >= 15 is 0 Å². The number of anilines is 1. The minimum absolute atomic E-state index is 0.0285. The van der Waals surface area contributed by atoms with E-state index in [-0.39, 0.29) is 27.6 Å². The topological polar surface area (TPSA) is 103 Å². The van der Waals surface area contributed by atoms with Crippen molar-refractivity contribution >= 4 is 27.6 Å². The van der Waals surface area contributed by atoms with Crippen molar-refractivity contribution in [2.75, 3.05) is 5.32 Å². The van der Waals surface area contributed by atoms with Crippen LogP contribution < -0.4 is 5.32 Å². The van der Waals surface area contributed by atoms with E-state index in [1.165, 1.54) is 49.4 Å². The Balaban J connectivity index is 1.21. The Kier molecular flexibility index (Phi) is 5.18. The third-order valence-corrected chi connectivity index (χ3v) is 9.36. The van der Waals surface area contributed by atoms with E-state index in [4.69, 9.17) is 0 Å². The van der Waals surface area contributed by atoms with Crippen molar-refractivity contribution in [3.63, 3.8) is 0 Å². The van der Waals surface area contributed by atoms with Gasteiger partial charge in [-0.2, -0.15) is 0 Å². The molecule has 7 rings (SSSR count). The third-order valence-electron chi connectivity index (χ3n) is 8.09. The molecule has 1 amide bonds. The Bertz CT molecular complexity index is 1330. The van der Waals surface area contributed by atoms with Crippen molar-refractivity contribution in [1.82, 2.24) is 9.97 Å². The number of hydrogen-bond donors (Lipinski definition) is 1. The van der Waals surface area contributed by atoms with Gasteiger partial charge in [-0.1, -0.05) is 36.4 Å². The summed E-state index contributed by atoms with van der Waals surface area (Å²) >= 11 is 0. The number of carbonyl (C=O) groups excluding carboxylic acids is 1. The molecular weight excluding hydrogens is 460 g/mol. The zero-order valence-electron chi connectivity index (χ0n) is 19.3. The highest BCUT2D eigenvalue weighted by Gasteiger charge is 2.60. The van der Waals surface area contributed by atoms with Crippen molar-refractivity contribution in [3.05, 3.63) is 83.3 Å². The van der Waals surface area contributed by atoms with Crippen molar-refractivity contribution in [3.8, 4) is 0 Å². The van der Waals surface area contributed by atoms with Crippen molar-refractivity contribution < 1.29 is 13.2 Å². The molecule has 1 N–H and O–H groups in total. The molecule has 0 saturated heterocycles. The summed E-state index contributed by atoms with van der Waals surface area (Å²) < 4.78 is 28.9. The van der Waals surface area contributed by atoms with Crippen LogP contribution in [0.2, 0.25) is 0 Å². The Hall–Kier alpha value is -3.26. The van der Waals surface area contributed by atoms with Crippen molar-refractivity contribution in [2.24, 2.45) is 17.3 Å². The zero-order valence-corrected chi connectivity index (χ0v) is 20.1. The molecular formula is C27H27N4O3S-. The molecule has 0 spiro atoms. The van der Waals surface area contributed by atoms with Crippen LogP contribution in [0.5, 0.6) is 0 Å². The van der Waals surface area contributed by atoms with Gasteiger partial charge >= 0.3 is 0 Å². The molecule has 2 aromatic carbocycles. The number of carbonyl (C=O) groups is 1. The highest BCUT2D eigenvalue weighted by Crippen LogP contribution is 2.66. The molecule has 1 heterocycles. The van der Waals surface area contributed by atoms with E-state index in [0.717, 1.165) is 19.3 Å². The number of nitrogens with zero attached hydrogens (tertiary/aromatic N) is 3. The number of benzene rings is 2. The summed E-state index contributed by atoms with van der Waals surface area (Å²) in [6.45, 7) is 0. The number of aromatic nitrogens is 2. The van der Waals surface area contributed by atoms with Gasteiger partial charge in [0.05, 0.1) is 10.3 Å². The maximum atomic E-state index is 13.7. The van der Waals surface area contributed by atoms with Gasteiger partial charge in [0, 0.05) is 11.6 Å². The molecule has 35 heavy (non-hydrogen) atoms. The molecule has 7 nitrogen and oxygen atoms in total. The summed E-state index contributed by atoms with van der Waals surface area (Å²) in [4.78, 5) is 21.4. The van der Waals surface area contributed by atoms with Gasteiger partial charge in [0.25, 0.3) is 0 Å². The van der Waals surface area contributed by atoms with Gasteiger partial charge in [0.2, 0.25) is 15.9 Å². The van der Waals surface area contributed by atoms with E-state index in [9.17, 15) is 13.2 Å². The van der Waals surface area contributed by atoms with Gasteiger partial charge in [0.1, 0.15) is 0 Å². The molecule has 4 aliphatic carbocycles. The lowest BCUT2D eigenvalue weighted by atomic mass is 9.42. The van der Waals surface area contributed by atoms with Crippen LogP contribution in [0.1, 0.15) is 44.1 Å². The first-order chi connectivity index (χ1) is 16.9. The number of rotatable bonds is 6. The first-order valence-corrected chi connectivity index (χ1v) is 13.5. The quantitative estimate of drug-likeness (QED) is 0.505. The molecule has 4 fully saturated rings. The number of sulfonamides is 1. The van der Waals surface area contributed by atoms with Crippen molar-refractivity contribution in [1.29, 1.82) is 0 Å². The van der Waals surface area contributed by atoms with Gasteiger partial charge in [-0.05, 0) is 98.0 Å². The fraction of sp³-hybridized carbons (Fsp3) is 0.370. The highest BCUT2D eigenvalue weighted by molar-refractivity contribution is 7.94. The predicted molar refractivity (Wildman–Crippen MR) is 133 cm³/mol. The molecule has 180 valence electrons. The smallest absolute Gasteiger partial charge is 0.230 e. The molecule has 4 aliphatic rings. The molecule has 0 radical (unpaired) electrons. The van der Waals surface area contributed by atoms with E-state index in [1.807, 2.05) is 0 Å². The molecule has 8 heteroatoms. The zero-order chi connectivity index (χ0) is 24.1. The summed E-state index contributed by atoms with van der Waals surface area (Å²) in [6.07, 6.45) is 9.20. The molecule has 2 unspecified atom stereocenters. The maximum Gasteiger partial charge on any atom is 0.230 e. The van der Waals surface area contributed by atoms with E-state index in [0.29, 0.717) is 17.5 Å². The third kappa shape index (κ3) is 3.99. The van der Waals surface area contributed by atoms with Gasteiger partial charge in [-0.15, -0.1) is 0 Å². The largest absolute Gasteiger partial charge is 0.366 e. The SMILES string of the molecule is O=C(Nc1ccc(S(=O)(=O)[N-]c2ncccn2)cc1)C12C[C@H]3C[C@@H](C1)CC(c1ccccc1)(C3)C2.